The largest absolute Gasteiger partial charge is 0.497 e. The molecule has 1 amide bonds. The lowest BCUT2D eigenvalue weighted by atomic mass is 9.90. The van der Waals surface area contributed by atoms with E-state index in [0.29, 0.717) is 24.0 Å². The number of rotatable bonds is 9. The highest BCUT2D eigenvalue weighted by Gasteiger charge is 2.23. The average molecular weight is 448 g/mol. The minimum atomic E-state index is -3.87. The number of benzene rings is 1. The van der Waals surface area contributed by atoms with Crippen molar-refractivity contribution in [2.75, 3.05) is 19.0 Å². The van der Waals surface area contributed by atoms with Gasteiger partial charge in [0.1, 0.15) is 5.75 Å². The van der Waals surface area contributed by atoms with Gasteiger partial charge in [0.2, 0.25) is 15.9 Å². The number of carbonyl (C=O) groups excluding carboxylic acids is 1. The van der Waals surface area contributed by atoms with Gasteiger partial charge in [0, 0.05) is 6.20 Å². The van der Waals surface area contributed by atoms with E-state index in [1.54, 1.807) is 30.5 Å². The fourth-order valence-corrected chi connectivity index (χ4v) is 4.70. The molecule has 3 rings (SSSR count). The molecule has 8 nitrogen and oxygen atoms in total. The van der Waals surface area contributed by atoms with E-state index in [2.05, 4.69) is 15.0 Å². The fraction of sp³-hybridized carbons (Fsp3) is 0.455. The molecule has 0 bridgehead atoms. The third-order valence-electron chi connectivity index (χ3n) is 5.31. The van der Waals surface area contributed by atoms with Crippen molar-refractivity contribution < 1.29 is 22.7 Å². The maximum atomic E-state index is 12.6. The Bertz CT molecular complexity index is 973. The first-order chi connectivity index (χ1) is 14.9. The maximum Gasteiger partial charge on any atom is 0.243 e. The van der Waals surface area contributed by atoms with Crippen LogP contribution in [0.25, 0.3) is 0 Å². The molecule has 168 valence electrons. The van der Waals surface area contributed by atoms with Gasteiger partial charge in [0.25, 0.3) is 0 Å². The molecule has 0 unspecified atom stereocenters. The molecule has 0 saturated heterocycles. The van der Waals surface area contributed by atoms with Crippen LogP contribution in [0.5, 0.6) is 11.5 Å². The standard InChI is InChI=1S/C22H29N3O5S/c1-16(25-31(27,28)19-12-10-18(29-2)11-13-19)22(26)24-21-20(9-6-14-23-21)30-15-17-7-4-3-5-8-17/h6,9-14,16-17,25H,3-5,7-8,15H2,1-2H3,(H,23,24,26)/t16-/m0/s1. The monoisotopic (exact) mass is 447 g/mol. The van der Waals surface area contributed by atoms with Crippen molar-refractivity contribution in [3.05, 3.63) is 42.6 Å². The molecule has 9 heteroatoms. The summed E-state index contributed by atoms with van der Waals surface area (Å²) in [6, 6.07) is 8.40. The zero-order valence-electron chi connectivity index (χ0n) is 17.8. The lowest BCUT2D eigenvalue weighted by molar-refractivity contribution is -0.117. The summed E-state index contributed by atoms with van der Waals surface area (Å²) < 4.78 is 38.5. The number of hydrogen-bond acceptors (Lipinski definition) is 6. The van der Waals surface area contributed by atoms with Crippen molar-refractivity contribution in [1.82, 2.24) is 9.71 Å². The minimum Gasteiger partial charge on any atom is -0.497 e. The van der Waals surface area contributed by atoms with E-state index in [4.69, 9.17) is 9.47 Å². The Balaban J connectivity index is 1.61. The highest BCUT2D eigenvalue weighted by atomic mass is 32.2. The van der Waals surface area contributed by atoms with Gasteiger partial charge in [-0.2, -0.15) is 4.72 Å². The number of aromatic nitrogens is 1. The Morgan fingerprint density at radius 2 is 1.87 bits per heavy atom. The van der Waals surface area contributed by atoms with Crippen LogP contribution < -0.4 is 19.5 Å². The zero-order chi connectivity index (χ0) is 22.3. The number of methoxy groups -OCH3 is 1. The van der Waals surface area contributed by atoms with Crippen LogP contribution in [0, 0.1) is 5.92 Å². The Morgan fingerprint density at radius 1 is 1.16 bits per heavy atom. The first kappa shape index (κ1) is 23.0. The predicted octanol–water partition coefficient (Wildman–Crippen LogP) is 3.35. The smallest absolute Gasteiger partial charge is 0.243 e. The third-order valence-corrected chi connectivity index (χ3v) is 6.86. The summed E-state index contributed by atoms with van der Waals surface area (Å²) in [6.07, 6.45) is 7.55. The second-order valence-electron chi connectivity index (χ2n) is 7.67. The molecule has 0 aliphatic heterocycles. The van der Waals surface area contributed by atoms with Crippen molar-refractivity contribution in [3.8, 4) is 11.5 Å². The molecule has 1 fully saturated rings. The van der Waals surface area contributed by atoms with Crippen LogP contribution in [-0.4, -0.2) is 39.1 Å². The van der Waals surface area contributed by atoms with Crippen molar-refractivity contribution in [2.45, 2.75) is 50.0 Å². The van der Waals surface area contributed by atoms with E-state index in [9.17, 15) is 13.2 Å². The van der Waals surface area contributed by atoms with Crippen LogP contribution in [-0.2, 0) is 14.8 Å². The van der Waals surface area contributed by atoms with Gasteiger partial charge in [0.15, 0.2) is 11.6 Å². The van der Waals surface area contributed by atoms with Gasteiger partial charge in [-0.3, -0.25) is 4.79 Å². The molecule has 1 aromatic heterocycles. The summed E-state index contributed by atoms with van der Waals surface area (Å²) >= 11 is 0. The molecule has 2 aromatic rings. The number of amides is 1. The van der Waals surface area contributed by atoms with Gasteiger partial charge in [-0.15, -0.1) is 0 Å². The van der Waals surface area contributed by atoms with E-state index in [1.165, 1.54) is 45.4 Å². The van der Waals surface area contributed by atoms with Crippen molar-refractivity contribution >= 4 is 21.7 Å². The Labute approximate surface area is 183 Å². The highest BCUT2D eigenvalue weighted by molar-refractivity contribution is 7.89. The summed E-state index contributed by atoms with van der Waals surface area (Å²) in [6.45, 7) is 2.05. The normalized spacial score (nSPS) is 15.8. The van der Waals surface area contributed by atoms with E-state index in [0.717, 1.165) is 12.8 Å². The van der Waals surface area contributed by atoms with E-state index in [-0.39, 0.29) is 10.7 Å². The van der Waals surface area contributed by atoms with E-state index < -0.39 is 22.0 Å². The number of anilines is 1. The van der Waals surface area contributed by atoms with Crippen molar-refractivity contribution in [3.63, 3.8) is 0 Å². The van der Waals surface area contributed by atoms with Gasteiger partial charge < -0.3 is 14.8 Å². The minimum absolute atomic E-state index is 0.0438. The highest BCUT2D eigenvalue weighted by Crippen LogP contribution is 2.27. The number of pyridine rings is 1. The van der Waals surface area contributed by atoms with Gasteiger partial charge in [-0.1, -0.05) is 19.3 Å². The molecule has 1 aliphatic rings. The number of hydrogen-bond donors (Lipinski definition) is 2. The summed E-state index contributed by atoms with van der Waals surface area (Å²) in [4.78, 5) is 16.9. The third kappa shape index (κ3) is 6.41. The first-order valence-electron chi connectivity index (χ1n) is 10.4. The predicted molar refractivity (Wildman–Crippen MR) is 118 cm³/mol. The molecule has 1 atom stereocenters. The topological polar surface area (TPSA) is 107 Å². The molecular formula is C22H29N3O5S. The summed E-state index contributed by atoms with van der Waals surface area (Å²) in [5.41, 5.74) is 0. The molecule has 31 heavy (non-hydrogen) atoms. The molecule has 1 aliphatic carbocycles. The van der Waals surface area contributed by atoms with Gasteiger partial charge >= 0.3 is 0 Å². The lowest BCUT2D eigenvalue weighted by Crippen LogP contribution is -2.41. The number of nitrogens with one attached hydrogen (secondary N) is 2. The van der Waals surface area contributed by atoms with Gasteiger partial charge in [0.05, 0.1) is 24.7 Å². The van der Waals surface area contributed by atoms with Crippen LogP contribution in [0.15, 0.2) is 47.5 Å². The second-order valence-corrected chi connectivity index (χ2v) is 9.39. The van der Waals surface area contributed by atoms with Crippen molar-refractivity contribution in [2.24, 2.45) is 5.92 Å². The van der Waals surface area contributed by atoms with Crippen molar-refractivity contribution in [1.29, 1.82) is 0 Å². The molecule has 2 N–H and O–H groups in total. The maximum absolute atomic E-state index is 12.6. The summed E-state index contributed by atoms with van der Waals surface area (Å²) in [7, 11) is -2.38. The molecule has 0 spiro atoms. The van der Waals surface area contributed by atoms with Crippen LogP contribution in [0.1, 0.15) is 39.0 Å². The molecule has 1 saturated carbocycles. The van der Waals surface area contributed by atoms with E-state index >= 15 is 0 Å². The summed E-state index contributed by atoms with van der Waals surface area (Å²) in [5, 5.41) is 2.67. The Morgan fingerprint density at radius 3 is 2.55 bits per heavy atom. The van der Waals surface area contributed by atoms with Gasteiger partial charge in [-0.05, 0) is 62.1 Å². The first-order valence-corrected chi connectivity index (χ1v) is 11.9. The number of sulfonamides is 1. The number of carbonyl (C=O) groups is 1. The van der Waals surface area contributed by atoms with Crippen LogP contribution >= 0.6 is 0 Å². The number of nitrogens with zero attached hydrogens (tertiary/aromatic N) is 1. The van der Waals surface area contributed by atoms with Gasteiger partial charge in [-0.25, -0.2) is 13.4 Å². The quantitative estimate of drug-likeness (QED) is 0.611. The average Bonchev–Trinajstić information content (AvgIpc) is 2.79. The van der Waals surface area contributed by atoms with Crippen LogP contribution in [0.3, 0.4) is 0 Å². The molecule has 0 radical (unpaired) electrons. The van der Waals surface area contributed by atoms with Crippen LogP contribution in [0.4, 0.5) is 5.82 Å². The lowest BCUT2D eigenvalue weighted by Gasteiger charge is -2.22. The Kier molecular flexibility index (Phi) is 7.86. The van der Waals surface area contributed by atoms with E-state index in [1.807, 2.05) is 0 Å². The zero-order valence-corrected chi connectivity index (χ0v) is 18.7. The fourth-order valence-electron chi connectivity index (χ4n) is 3.50. The SMILES string of the molecule is COc1ccc(S(=O)(=O)N[C@@H](C)C(=O)Nc2ncccc2OCC2CCCCC2)cc1. The molecule has 1 aromatic carbocycles. The Hall–Kier alpha value is -2.65. The molecular weight excluding hydrogens is 418 g/mol. The molecule has 1 heterocycles. The second kappa shape index (κ2) is 10.6. The van der Waals surface area contributed by atoms with Crippen LogP contribution in [0.2, 0.25) is 0 Å². The number of ether oxygens (including phenoxy) is 2. The summed E-state index contributed by atoms with van der Waals surface area (Å²) in [5.74, 6) is 1.28.